The fourth-order valence-electron chi connectivity index (χ4n) is 3.21. The molecule has 1 saturated heterocycles. The topological polar surface area (TPSA) is 83.6 Å². The average molecular weight is 350 g/mol. The third-order valence-corrected chi connectivity index (χ3v) is 4.77. The molecule has 6 nitrogen and oxygen atoms in total. The Labute approximate surface area is 150 Å². The zero-order valence-electron chi connectivity index (χ0n) is 14.3. The third kappa shape index (κ3) is 2.83. The molecule has 1 aliphatic heterocycles. The standard InChI is InChI=1S/C20H18N2O4/c1-2-12-3-5-13(6-4-12)19-21-16-8-7-15(10-17(16)26-19)22-11-14(20(24)25)9-18(22)23/h3-8,10,14H,2,9,11H2,1H3,(H,24,25). The molecule has 0 saturated carbocycles. The van der Waals surface area contributed by atoms with E-state index in [-0.39, 0.29) is 18.9 Å². The number of aromatic nitrogens is 1. The predicted octanol–water partition coefficient (Wildman–Crippen LogP) is 3.49. The monoisotopic (exact) mass is 350 g/mol. The molecule has 1 N–H and O–H groups in total. The van der Waals surface area contributed by atoms with Gasteiger partial charge in [-0.1, -0.05) is 19.1 Å². The number of fused-ring (bicyclic) bond motifs is 1. The van der Waals surface area contributed by atoms with E-state index in [1.807, 2.05) is 24.3 Å². The molecule has 1 aliphatic rings. The van der Waals surface area contributed by atoms with Gasteiger partial charge in [0.2, 0.25) is 11.8 Å². The van der Waals surface area contributed by atoms with Crippen molar-refractivity contribution in [3.8, 4) is 11.5 Å². The Hall–Kier alpha value is -3.15. The molecule has 1 unspecified atom stereocenters. The fraction of sp³-hybridized carbons (Fsp3) is 0.250. The zero-order valence-corrected chi connectivity index (χ0v) is 14.3. The van der Waals surface area contributed by atoms with Gasteiger partial charge in [-0.05, 0) is 36.2 Å². The number of carboxylic acid groups (broad SMARTS) is 1. The van der Waals surface area contributed by atoms with Gasteiger partial charge in [-0.2, -0.15) is 0 Å². The van der Waals surface area contributed by atoms with E-state index >= 15 is 0 Å². The predicted molar refractivity (Wildman–Crippen MR) is 96.9 cm³/mol. The summed E-state index contributed by atoms with van der Waals surface area (Å²) in [5, 5.41) is 9.13. The quantitative estimate of drug-likeness (QED) is 0.779. The van der Waals surface area contributed by atoms with Gasteiger partial charge in [-0.25, -0.2) is 4.98 Å². The van der Waals surface area contributed by atoms with E-state index < -0.39 is 11.9 Å². The first-order valence-corrected chi connectivity index (χ1v) is 8.58. The minimum Gasteiger partial charge on any atom is -0.481 e. The zero-order chi connectivity index (χ0) is 18.3. The number of amides is 1. The van der Waals surface area contributed by atoms with Gasteiger partial charge in [-0.3, -0.25) is 9.59 Å². The highest BCUT2D eigenvalue weighted by Gasteiger charge is 2.35. The second-order valence-corrected chi connectivity index (χ2v) is 6.47. The lowest BCUT2D eigenvalue weighted by Gasteiger charge is -2.15. The summed E-state index contributed by atoms with van der Waals surface area (Å²) in [7, 11) is 0. The van der Waals surface area contributed by atoms with Crippen molar-refractivity contribution in [2.45, 2.75) is 19.8 Å². The van der Waals surface area contributed by atoms with Crippen molar-refractivity contribution in [2.24, 2.45) is 5.92 Å². The number of carbonyl (C=O) groups excluding carboxylic acids is 1. The maximum atomic E-state index is 12.1. The van der Waals surface area contributed by atoms with Crippen molar-refractivity contribution in [3.63, 3.8) is 0 Å². The van der Waals surface area contributed by atoms with Gasteiger partial charge in [-0.15, -0.1) is 0 Å². The number of oxazole rings is 1. The summed E-state index contributed by atoms with van der Waals surface area (Å²) in [5.74, 6) is -1.28. The highest BCUT2D eigenvalue weighted by molar-refractivity contribution is 6.00. The maximum Gasteiger partial charge on any atom is 0.308 e. The van der Waals surface area contributed by atoms with Crippen LogP contribution in [0.4, 0.5) is 5.69 Å². The van der Waals surface area contributed by atoms with Crippen molar-refractivity contribution >= 4 is 28.7 Å². The number of carbonyl (C=O) groups is 2. The Morgan fingerprint density at radius 1 is 1.27 bits per heavy atom. The van der Waals surface area contributed by atoms with Crippen molar-refractivity contribution < 1.29 is 19.1 Å². The number of anilines is 1. The minimum absolute atomic E-state index is 0.0266. The summed E-state index contributed by atoms with van der Waals surface area (Å²) in [6, 6.07) is 13.4. The van der Waals surface area contributed by atoms with Gasteiger partial charge in [0, 0.05) is 30.3 Å². The molecule has 1 fully saturated rings. The van der Waals surface area contributed by atoms with Crippen LogP contribution in [0.3, 0.4) is 0 Å². The van der Waals surface area contributed by atoms with Gasteiger partial charge in [0.1, 0.15) is 5.52 Å². The number of rotatable bonds is 4. The van der Waals surface area contributed by atoms with Crippen molar-refractivity contribution in [1.29, 1.82) is 0 Å². The van der Waals surface area contributed by atoms with Gasteiger partial charge >= 0.3 is 5.97 Å². The molecule has 1 aromatic heterocycles. The van der Waals surface area contributed by atoms with E-state index in [0.717, 1.165) is 12.0 Å². The largest absolute Gasteiger partial charge is 0.481 e. The van der Waals surface area contributed by atoms with Crippen LogP contribution in [0.1, 0.15) is 18.9 Å². The molecule has 132 valence electrons. The summed E-state index contributed by atoms with van der Waals surface area (Å²) in [4.78, 5) is 29.3. The van der Waals surface area contributed by atoms with Gasteiger partial charge in [0.05, 0.1) is 5.92 Å². The first-order chi connectivity index (χ1) is 12.5. The van der Waals surface area contributed by atoms with E-state index in [2.05, 4.69) is 11.9 Å². The number of aryl methyl sites for hydroxylation is 1. The fourth-order valence-corrected chi connectivity index (χ4v) is 3.21. The second kappa shape index (κ2) is 6.29. The summed E-state index contributed by atoms with van der Waals surface area (Å²) in [6.45, 7) is 2.28. The Kier molecular flexibility index (Phi) is 3.95. The summed E-state index contributed by atoms with van der Waals surface area (Å²) in [5.41, 5.74) is 4.04. The molecular weight excluding hydrogens is 332 g/mol. The highest BCUT2D eigenvalue weighted by Crippen LogP contribution is 2.30. The molecule has 0 radical (unpaired) electrons. The van der Waals surface area contributed by atoms with E-state index in [9.17, 15) is 9.59 Å². The SMILES string of the molecule is CCc1ccc(-c2nc3ccc(N4CC(C(=O)O)CC4=O)cc3o2)cc1. The van der Waals surface area contributed by atoms with E-state index in [0.29, 0.717) is 22.7 Å². The Morgan fingerprint density at radius 2 is 2.04 bits per heavy atom. The molecular formula is C20H18N2O4. The lowest BCUT2D eigenvalue weighted by Crippen LogP contribution is -2.25. The van der Waals surface area contributed by atoms with Crippen LogP contribution in [-0.2, 0) is 16.0 Å². The Balaban J connectivity index is 1.65. The lowest BCUT2D eigenvalue weighted by atomic mass is 10.1. The van der Waals surface area contributed by atoms with Gasteiger partial charge in [0.25, 0.3) is 0 Å². The number of hydrogen-bond donors (Lipinski definition) is 1. The molecule has 6 heteroatoms. The van der Waals surface area contributed by atoms with E-state index in [4.69, 9.17) is 9.52 Å². The smallest absolute Gasteiger partial charge is 0.308 e. The molecule has 2 aromatic carbocycles. The molecule has 1 atom stereocenters. The second-order valence-electron chi connectivity index (χ2n) is 6.47. The van der Waals surface area contributed by atoms with Crippen LogP contribution in [0, 0.1) is 5.92 Å². The van der Waals surface area contributed by atoms with Crippen LogP contribution in [0.25, 0.3) is 22.6 Å². The molecule has 2 heterocycles. The molecule has 1 amide bonds. The molecule has 26 heavy (non-hydrogen) atoms. The Bertz CT molecular complexity index is 991. The Morgan fingerprint density at radius 3 is 2.69 bits per heavy atom. The molecule has 0 bridgehead atoms. The van der Waals surface area contributed by atoms with Gasteiger partial charge < -0.3 is 14.4 Å². The van der Waals surface area contributed by atoms with Crippen LogP contribution in [0.2, 0.25) is 0 Å². The first-order valence-electron chi connectivity index (χ1n) is 8.58. The minimum atomic E-state index is -0.945. The number of aliphatic carboxylic acids is 1. The number of hydrogen-bond acceptors (Lipinski definition) is 4. The van der Waals surface area contributed by atoms with Gasteiger partial charge in [0.15, 0.2) is 5.58 Å². The molecule has 3 aromatic rings. The van der Waals surface area contributed by atoms with Crippen LogP contribution in [0.15, 0.2) is 46.9 Å². The first kappa shape index (κ1) is 16.3. The summed E-state index contributed by atoms with van der Waals surface area (Å²) >= 11 is 0. The van der Waals surface area contributed by atoms with Crippen LogP contribution in [-0.4, -0.2) is 28.5 Å². The van der Waals surface area contributed by atoms with Crippen LogP contribution < -0.4 is 4.90 Å². The number of carboxylic acids is 1. The normalized spacial score (nSPS) is 17.2. The van der Waals surface area contributed by atoms with Crippen LogP contribution in [0.5, 0.6) is 0 Å². The summed E-state index contributed by atoms with van der Waals surface area (Å²) < 4.78 is 5.87. The molecule has 0 aliphatic carbocycles. The molecule has 4 rings (SSSR count). The third-order valence-electron chi connectivity index (χ3n) is 4.77. The lowest BCUT2D eigenvalue weighted by molar-refractivity contribution is -0.141. The van der Waals surface area contributed by atoms with Crippen LogP contribution >= 0.6 is 0 Å². The number of nitrogens with zero attached hydrogens (tertiary/aromatic N) is 2. The maximum absolute atomic E-state index is 12.1. The summed E-state index contributed by atoms with van der Waals surface area (Å²) in [6.07, 6.45) is 0.997. The van der Waals surface area contributed by atoms with E-state index in [1.54, 1.807) is 18.2 Å². The molecule has 0 spiro atoms. The van der Waals surface area contributed by atoms with Crippen molar-refractivity contribution in [2.75, 3.05) is 11.4 Å². The van der Waals surface area contributed by atoms with Crippen molar-refractivity contribution in [1.82, 2.24) is 4.98 Å². The van der Waals surface area contributed by atoms with Crippen molar-refractivity contribution in [3.05, 3.63) is 48.0 Å². The number of benzene rings is 2. The van der Waals surface area contributed by atoms with E-state index in [1.165, 1.54) is 10.5 Å². The average Bonchev–Trinajstić information content (AvgIpc) is 3.24. The highest BCUT2D eigenvalue weighted by atomic mass is 16.4.